The molecule has 2 aromatic rings. The minimum Gasteiger partial charge on any atom is -0.334 e. The monoisotopic (exact) mass is 235 g/mol. The minimum atomic E-state index is -0.0970. The predicted octanol–water partition coefficient (Wildman–Crippen LogP) is 2.58. The molecule has 2 rings (SSSR count). The summed E-state index contributed by atoms with van der Waals surface area (Å²) >= 11 is 1.78. The van der Waals surface area contributed by atoms with Crippen LogP contribution in [0.15, 0.2) is 24.5 Å². The van der Waals surface area contributed by atoms with E-state index < -0.39 is 0 Å². The highest BCUT2D eigenvalue weighted by Crippen LogP contribution is 2.26. The van der Waals surface area contributed by atoms with Crippen LogP contribution in [0, 0.1) is 0 Å². The molecule has 0 saturated carbocycles. The minimum absolute atomic E-state index is 0.0970. The molecule has 0 aliphatic heterocycles. The molecule has 0 spiro atoms. The van der Waals surface area contributed by atoms with Crippen LogP contribution < -0.4 is 5.73 Å². The zero-order valence-electron chi connectivity index (χ0n) is 9.68. The molecule has 2 N–H and O–H groups in total. The largest absolute Gasteiger partial charge is 0.334 e. The Morgan fingerprint density at radius 2 is 2.25 bits per heavy atom. The van der Waals surface area contributed by atoms with Crippen LogP contribution >= 0.6 is 11.3 Å². The summed E-state index contributed by atoms with van der Waals surface area (Å²) in [5.41, 5.74) is 6.23. The number of hydrogen-bond donors (Lipinski definition) is 1. The van der Waals surface area contributed by atoms with E-state index in [0.717, 1.165) is 18.8 Å². The number of aryl methyl sites for hydroxylation is 2. The molecule has 0 aromatic carbocycles. The highest BCUT2D eigenvalue weighted by Gasteiger charge is 2.15. The quantitative estimate of drug-likeness (QED) is 0.885. The van der Waals surface area contributed by atoms with Gasteiger partial charge in [0.25, 0.3) is 0 Å². The first-order chi connectivity index (χ1) is 7.76. The third kappa shape index (κ3) is 2.03. The Morgan fingerprint density at radius 1 is 1.44 bits per heavy atom. The number of imidazole rings is 1. The average molecular weight is 235 g/mol. The van der Waals surface area contributed by atoms with Gasteiger partial charge in [-0.15, -0.1) is 11.3 Å². The van der Waals surface area contributed by atoms with E-state index in [4.69, 9.17) is 5.73 Å². The zero-order chi connectivity index (χ0) is 11.5. The van der Waals surface area contributed by atoms with Gasteiger partial charge in [0.1, 0.15) is 5.82 Å². The number of rotatable bonds is 4. The molecule has 0 radical (unpaired) electrons. The first kappa shape index (κ1) is 11.4. The van der Waals surface area contributed by atoms with Gasteiger partial charge in [0.15, 0.2) is 0 Å². The fourth-order valence-corrected chi connectivity index (χ4v) is 2.70. The highest BCUT2D eigenvalue weighted by molar-refractivity contribution is 7.12. The van der Waals surface area contributed by atoms with Crippen LogP contribution in [0.4, 0.5) is 0 Å². The lowest BCUT2D eigenvalue weighted by atomic mass is 10.2. The number of hydrogen-bond acceptors (Lipinski definition) is 3. The summed E-state index contributed by atoms with van der Waals surface area (Å²) < 4.78 is 2.09. The molecule has 86 valence electrons. The predicted molar refractivity (Wildman–Crippen MR) is 67.6 cm³/mol. The molecule has 0 saturated heterocycles. The van der Waals surface area contributed by atoms with Gasteiger partial charge in [-0.05, 0) is 25.5 Å². The Balaban J connectivity index is 2.27. The molecule has 0 fully saturated rings. The standard InChI is InChI=1S/C12H17N3S/c1-3-9-5-6-10(16-9)11(13)12-14-7-8-15(12)4-2/h5-8,11H,3-4,13H2,1-2H3. The second kappa shape index (κ2) is 4.80. The summed E-state index contributed by atoms with van der Waals surface area (Å²) in [6, 6.07) is 4.17. The van der Waals surface area contributed by atoms with Crippen molar-refractivity contribution in [1.29, 1.82) is 0 Å². The summed E-state index contributed by atoms with van der Waals surface area (Å²) in [6.07, 6.45) is 4.86. The van der Waals surface area contributed by atoms with Gasteiger partial charge in [0.2, 0.25) is 0 Å². The van der Waals surface area contributed by atoms with Crippen molar-refractivity contribution in [1.82, 2.24) is 9.55 Å². The van der Waals surface area contributed by atoms with Crippen molar-refractivity contribution in [2.75, 3.05) is 0 Å². The molecule has 1 atom stereocenters. The van der Waals surface area contributed by atoms with E-state index >= 15 is 0 Å². The summed E-state index contributed by atoms with van der Waals surface area (Å²) in [5.74, 6) is 0.951. The number of aromatic nitrogens is 2. The molecule has 0 aliphatic rings. The van der Waals surface area contributed by atoms with Gasteiger partial charge in [0.05, 0.1) is 6.04 Å². The van der Waals surface area contributed by atoms with Crippen LogP contribution in [-0.4, -0.2) is 9.55 Å². The number of nitrogens with zero attached hydrogens (tertiary/aromatic N) is 2. The lowest BCUT2D eigenvalue weighted by molar-refractivity contribution is 0.661. The van der Waals surface area contributed by atoms with Crippen LogP contribution in [0.5, 0.6) is 0 Å². The lowest BCUT2D eigenvalue weighted by Crippen LogP contribution is -2.16. The summed E-state index contributed by atoms with van der Waals surface area (Å²) in [6.45, 7) is 5.17. The normalized spacial score (nSPS) is 12.9. The molecular formula is C12H17N3S. The van der Waals surface area contributed by atoms with E-state index in [1.54, 1.807) is 11.3 Å². The first-order valence-corrected chi connectivity index (χ1v) is 6.43. The molecule has 2 aromatic heterocycles. The average Bonchev–Trinajstić information content (AvgIpc) is 2.96. The maximum Gasteiger partial charge on any atom is 0.131 e. The van der Waals surface area contributed by atoms with E-state index in [1.165, 1.54) is 9.75 Å². The van der Waals surface area contributed by atoms with Gasteiger partial charge < -0.3 is 10.3 Å². The van der Waals surface area contributed by atoms with Crippen molar-refractivity contribution < 1.29 is 0 Å². The third-order valence-corrected chi connectivity index (χ3v) is 4.02. The molecule has 0 aliphatic carbocycles. The van der Waals surface area contributed by atoms with Crippen molar-refractivity contribution in [3.8, 4) is 0 Å². The Hall–Kier alpha value is -1.13. The number of thiophene rings is 1. The van der Waals surface area contributed by atoms with Crippen molar-refractivity contribution in [3.63, 3.8) is 0 Å². The molecular weight excluding hydrogens is 218 g/mol. The van der Waals surface area contributed by atoms with E-state index in [1.807, 2.05) is 12.4 Å². The Morgan fingerprint density at radius 3 is 2.88 bits per heavy atom. The Bertz CT molecular complexity index is 458. The Kier molecular flexibility index (Phi) is 3.41. The fraction of sp³-hybridized carbons (Fsp3) is 0.417. The van der Waals surface area contributed by atoms with Crippen molar-refractivity contribution >= 4 is 11.3 Å². The van der Waals surface area contributed by atoms with E-state index in [9.17, 15) is 0 Å². The second-order valence-electron chi connectivity index (χ2n) is 3.71. The summed E-state index contributed by atoms with van der Waals surface area (Å²) in [5, 5.41) is 0. The number of nitrogens with two attached hydrogens (primary N) is 1. The third-order valence-electron chi connectivity index (χ3n) is 2.70. The molecule has 0 bridgehead atoms. The molecule has 2 heterocycles. The van der Waals surface area contributed by atoms with Crippen LogP contribution in [-0.2, 0) is 13.0 Å². The van der Waals surface area contributed by atoms with Gasteiger partial charge in [-0.25, -0.2) is 4.98 Å². The van der Waals surface area contributed by atoms with E-state index in [-0.39, 0.29) is 6.04 Å². The van der Waals surface area contributed by atoms with E-state index in [0.29, 0.717) is 0 Å². The van der Waals surface area contributed by atoms with Crippen LogP contribution in [0.3, 0.4) is 0 Å². The first-order valence-electron chi connectivity index (χ1n) is 5.61. The zero-order valence-corrected chi connectivity index (χ0v) is 10.5. The molecule has 0 amide bonds. The van der Waals surface area contributed by atoms with Gasteiger partial charge >= 0.3 is 0 Å². The van der Waals surface area contributed by atoms with Crippen molar-refractivity contribution in [2.45, 2.75) is 32.9 Å². The molecule has 16 heavy (non-hydrogen) atoms. The van der Waals surface area contributed by atoms with Gasteiger partial charge in [0, 0.05) is 28.7 Å². The fourth-order valence-electron chi connectivity index (χ4n) is 1.75. The second-order valence-corrected chi connectivity index (χ2v) is 4.91. The van der Waals surface area contributed by atoms with E-state index in [2.05, 4.69) is 35.5 Å². The Labute approximate surface area is 99.9 Å². The van der Waals surface area contributed by atoms with Crippen molar-refractivity contribution in [3.05, 3.63) is 40.1 Å². The lowest BCUT2D eigenvalue weighted by Gasteiger charge is -2.11. The van der Waals surface area contributed by atoms with Crippen molar-refractivity contribution in [2.24, 2.45) is 5.73 Å². The summed E-state index contributed by atoms with van der Waals surface area (Å²) in [7, 11) is 0. The maximum atomic E-state index is 6.23. The highest BCUT2D eigenvalue weighted by atomic mass is 32.1. The van der Waals surface area contributed by atoms with Gasteiger partial charge in [-0.1, -0.05) is 6.92 Å². The maximum absolute atomic E-state index is 6.23. The van der Waals surface area contributed by atoms with Crippen LogP contribution in [0.1, 0.15) is 35.5 Å². The molecule has 1 unspecified atom stereocenters. The van der Waals surface area contributed by atoms with Gasteiger partial charge in [-0.2, -0.15) is 0 Å². The topological polar surface area (TPSA) is 43.8 Å². The summed E-state index contributed by atoms with van der Waals surface area (Å²) in [4.78, 5) is 6.91. The van der Waals surface area contributed by atoms with Crippen LogP contribution in [0.2, 0.25) is 0 Å². The molecule has 4 heteroatoms. The molecule has 3 nitrogen and oxygen atoms in total. The smallest absolute Gasteiger partial charge is 0.131 e. The SMILES string of the molecule is CCc1ccc(C(N)c2nccn2CC)s1. The van der Waals surface area contributed by atoms with Gasteiger partial charge in [-0.3, -0.25) is 0 Å². The van der Waals surface area contributed by atoms with Crippen LogP contribution in [0.25, 0.3) is 0 Å².